The highest BCUT2D eigenvalue weighted by atomic mass is 16.5. The number of fused-ring (bicyclic) bond motifs is 1. The van der Waals surface area contributed by atoms with Crippen LogP contribution in [0, 0.1) is 0 Å². The van der Waals surface area contributed by atoms with Gasteiger partial charge in [0.2, 0.25) is 0 Å². The molecule has 1 aromatic heterocycles. The Morgan fingerprint density at radius 3 is 3.00 bits per heavy atom. The molecule has 4 heteroatoms. The molecule has 20 heavy (non-hydrogen) atoms. The number of esters is 1. The smallest absolute Gasteiger partial charge is 0.355 e. The van der Waals surface area contributed by atoms with Gasteiger partial charge in [-0.15, -0.1) is 0 Å². The second kappa shape index (κ2) is 5.51. The van der Waals surface area contributed by atoms with Crippen LogP contribution in [0.4, 0.5) is 0 Å². The van der Waals surface area contributed by atoms with Crippen molar-refractivity contribution >= 4 is 22.6 Å². The van der Waals surface area contributed by atoms with Gasteiger partial charge in [0.1, 0.15) is 5.69 Å². The molecule has 0 aliphatic carbocycles. The van der Waals surface area contributed by atoms with Crippen molar-refractivity contribution in [3.05, 3.63) is 42.1 Å². The van der Waals surface area contributed by atoms with Crippen molar-refractivity contribution in [3.8, 4) is 0 Å². The highest BCUT2D eigenvalue weighted by Gasteiger charge is 2.19. The average Bonchev–Trinajstić information content (AvgIpc) is 2.88. The Morgan fingerprint density at radius 2 is 2.25 bits per heavy atom. The third kappa shape index (κ3) is 2.23. The Labute approximate surface area is 117 Å². The predicted octanol–water partition coefficient (Wildman–Crippen LogP) is 3.08. The van der Waals surface area contributed by atoms with Gasteiger partial charge < -0.3 is 14.0 Å². The number of nitrogens with zero attached hydrogens (tertiary/aromatic N) is 1. The molecule has 0 fully saturated rings. The first kappa shape index (κ1) is 12.9. The molecule has 104 valence electrons. The van der Waals surface area contributed by atoms with Crippen molar-refractivity contribution < 1.29 is 14.3 Å². The van der Waals surface area contributed by atoms with Crippen LogP contribution in [0.15, 0.2) is 36.4 Å². The van der Waals surface area contributed by atoms with Crippen molar-refractivity contribution in [3.63, 3.8) is 0 Å². The maximum Gasteiger partial charge on any atom is 0.355 e. The fourth-order valence-electron chi connectivity index (χ4n) is 2.54. The fourth-order valence-corrected chi connectivity index (χ4v) is 2.54. The van der Waals surface area contributed by atoms with Gasteiger partial charge in [0.05, 0.1) is 25.3 Å². The number of ether oxygens (including phenoxy) is 2. The zero-order chi connectivity index (χ0) is 13.9. The highest BCUT2D eigenvalue weighted by molar-refractivity contribution is 5.98. The second-order valence-electron chi connectivity index (χ2n) is 4.66. The van der Waals surface area contributed by atoms with E-state index in [1.54, 1.807) is 0 Å². The highest BCUT2D eigenvalue weighted by Crippen LogP contribution is 2.27. The predicted molar refractivity (Wildman–Crippen MR) is 77.6 cm³/mol. The first-order valence-corrected chi connectivity index (χ1v) is 6.86. The molecular weight excluding hydrogens is 254 g/mol. The van der Waals surface area contributed by atoms with Gasteiger partial charge >= 0.3 is 5.97 Å². The van der Waals surface area contributed by atoms with E-state index in [4.69, 9.17) is 9.47 Å². The number of hydrogen-bond acceptors (Lipinski definition) is 3. The Hall–Kier alpha value is -2.07. The number of benzene rings is 1. The van der Waals surface area contributed by atoms with Gasteiger partial charge in [-0.1, -0.05) is 18.2 Å². The summed E-state index contributed by atoms with van der Waals surface area (Å²) in [6.07, 6.45) is 2.82. The molecule has 0 unspecified atom stereocenters. The first-order valence-electron chi connectivity index (χ1n) is 6.86. The van der Waals surface area contributed by atoms with E-state index < -0.39 is 0 Å². The Morgan fingerprint density at radius 1 is 1.40 bits per heavy atom. The molecule has 2 heterocycles. The monoisotopic (exact) mass is 271 g/mol. The van der Waals surface area contributed by atoms with Gasteiger partial charge in [0.15, 0.2) is 0 Å². The molecule has 0 bridgehead atoms. The SMILES string of the molecule is CCOC(=O)c1cc2ccccc2n1C1=CCOCC1. The topological polar surface area (TPSA) is 40.5 Å². The zero-order valence-corrected chi connectivity index (χ0v) is 11.5. The van der Waals surface area contributed by atoms with E-state index in [1.807, 2.05) is 47.9 Å². The fraction of sp³-hybridized carbons (Fsp3) is 0.312. The van der Waals surface area contributed by atoms with Crippen LogP contribution in [-0.4, -0.2) is 30.4 Å². The van der Waals surface area contributed by atoms with E-state index in [1.165, 1.54) is 0 Å². The van der Waals surface area contributed by atoms with Gasteiger partial charge in [-0.2, -0.15) is 0 Å². The van der Waals surface area contributed by atoms with Gasteiger partial charge in [-0.3, -0.25) is 0 Å². The van der Waals surface area contributed by atoms with Crippen LogP contribution >= 0.6 is 0 Å². The van der Waals surface area contributed by atoms with E-state index in [-0.39, 0.29) is 5.97 Å². The minimum atomic E-state index is -0.281. The van der Waals surface area contributed by atoms with Gasteiger partial charge in [-0.05, 0) is 25.1 Å². The number of hydrogen-bond donors (Lipinski definition) is 0. The van der Waals surface area contributed by atoms with Crippen LogP contribution < -0.4 is 0 Å². The summed E-state index contributed by atoms with van der Waals surface area (Å²) in [5.41, 5.74) is 2.71. The van der Waals surface area contributed by atoms with Crippen molar-refractivity contribution in [2.24, 2.45) is 0 Å². The van der Waals surface area contributed by atoms with Crippen molar-refractivity contribution in [1.29, 1.82) is 0 Å². The van der Waals surface area contributed by atoms with Crippen LogP contribution in [0.3, 0.4) is 0 Å². The number of para-hydroxylation sites is 1. The molecule has 1 aliphatic heterocycles. The van der Waals surface area contributed by atoms with E-state index in [0.29, 0.717) is 25.5 Å². The summed E-state index contributed by atoms with van der Waals surface area (Å²) in [7, 11) is 0. The van der Waals surface area contributed by atoms with Crippen LogP contribution in [0.2, 0.25) is 0 Å². The maximum atomic E-state index is 12.2. The van der Waals surface area contributed by atoms with Crippen molar-refractivity contribution in [1.82, 2.24) is 4.57 Å². The van der Waals surface area contributed by atoms with Gasteiger partial charge in [0.25, 0.3) is 0 Å². The van der Waals surface area contributed by atoms with Crippen LogP contribution in [0.1, 0.15) is 23.8 Å². The van der Waals surface area contributed by atoms with Crippen molar-refractivity contribution in [2.75, 3.05) is 19.8 Å². The molecular formula is C16H17NO3. The van der Waals surface area contributed by atoms with Crippen LogP contribution in [0.25, 0.3) is 16.6 Å². The molecule has 1 aromatic carbocycles. The number of carbonyl (C=O) groups is 1. The molecule has 1 aliphatic rings. The molecule has 0 N–H and O–H groups in total. The van der Waals surface area contributed by atoms with E-state index in [0.717, 1.165) is 23.0 Å². The van der Waals surface area contributed by atoms with E-state index >= 15 is 0 Å². The second-order valence-corrected chi connectivity index (χ2v) is 4.66. The summed E-state index contributed by atoms with van der Waals surface area (Å²) >= 11 is 0. The van der Waals surface area contributed by atoms with Gasteiger partial charge in [0, 0.05) is 17.5 Å². The maximum absolute atomic E-state index is 12.2. The largest absolute Gasteiger partial charge is 0.461 e. The molecule has 0 saturated carbocycles. The Balaban J connectivity index is 2.17. The molecule has 4 nitrogen and oxygen atoms in total. The van der Waals surface area contributed by atoms with E-state index in [2.05, 4.69) is 0 Å². The van der Waals surface area contributed by atoms with Crippen LogP contribution in [0.5, 0.6) is 0 Å². The summed E-state index contributed by atoms with van der Waals surface area (Å²) in [4.78, 5) is 12.2. The summed E-state index contributed by atoms with van der Waals surface area (Å²) in [6.45, 7) is 3.46. The zero-order valence-electron chi connectivity index (χ0n) is 11.5. The molecule has 3 rings (SSSR count). The Bertz CT molecular complexity index is 669. The lowest BCUT2D eigenvalue weighted by atomic mass is 10.2. The number of rotatable bonds is 3. The molecule has 0 radical (unpaired) electrons. The summed E-state index contributed by atoms with van der Waals surface area (Å²) in [6, 6.07) is 9.88. The summed E-state index contributed by atoms with van der Waals surface area (Å²) in [5, 5.41) is 1.04. The average molecular weight is 271 g/mol. The first-order chi connectivity index (χ1) is 9.81. The molecule has 0 spiro atoms. The molecule has 2 aromatic rings. The third-order valence-electron chi connectivity index (χ3n) is 3.42. The minimum Gasteiger partial charge on any atom is -0.461 e. The molecule has 0 amide bonds. The van der Waals surface area contributed by atoms with E-state index in [9.17, 15) is 4.79 Å². The standard InChI is InChI=1S/C16H17NO3/c1-2-20-16(18)15-11-12-5-3-4-6-14(12)17(15)13-7-9-19-10-8-13/h3-7,11H,2,8-10H2,1H3. The number of carbonyl (C=O) groups excluding carboxylic acids is 1. The third-order valence-corrected chi connectivity index (χ3v) is 3.42. The molecule has 0 saturated heterocycles. The lowest BCUT2D eigenvalue weighted by Gasteiger charge is -2.18. The summed E-state index contributed by atoms with van der Waals surface area (Å²) in [5.74, 6) is -0.281. The Kier molecular flexibility index (Phi) is 3.56. The van der Waals surface area contributed by atoms with Gasteiger partial charge in [-0.25, -0.2) is 4.79 Å². The lowest BCUT2D eigenvalue weighted by molar-refractivity contribution is 0.0517. The van der Waals surface area contributed by atoms with Crippen LogP contribution in [-0.2, 0) is 9.47 Å². The number of aromatic nitrogens is 1. The molecule has 0 atom stereocenters. The van der Waals surface area contributed by atoms with Crippen molar-refractivity contribution in [2.45, 2.75) is 13.3 Å². The lowest BCUT2D eigenvalue weighted by Crippen LogP contribution is -2.15. The minimum absolute atomic E-state index is 0.281. The summed E-state index contributed by atoms with van der Waals surface area (Å²) < 4.78 is 12.5. The normalized spacial score (nSPS) is 15.2. The quantitative estimate of drug-likeness (QED) is 0.805.